The van der Waals surface area contributed by atoms with E-state index in [-0.39, 0.29) is 10.6 Å². The highest BCUT2D eigenvalue weighted by molar-refractivity contribution is 9.09. The number of rotatable bonds is 3. The lowest BCUT2D eigenvalue weighted by Gasteiger charge is -2.19. The van der Waals surface area contributed by atoms with Gasteiger partial charge < -0.3 is 0 Å². The average molecular weight is 359 g/mol. The predicted molar refractivity (Wildman–Crippen MR) is 97.3 cm³/mol. The van der Waals surface area contributed by atoms with Crippen molar-refractivity contribution < 1.29 is 4.79 Å². The van der Waals surface area contributed by atoms with E-state index in [1.807, 2.05) is 13.8 Å². The zero-order valence-corrected chi connectivity index (χ0v) is 15.8. The largest absolute Gasteiger partial charge is 0.293 e. The fraction of sp³-hybridized carbons (Fsp3) is 0.350. The van der Waals surface area contributed by atoms with E-state index < -0.39 is 0 Å². The topological polar surface area (TPSA) is 17.1 Å². The molecule has 0 N–H and O–H groups in total. The van der Waals surface area contributed by atoms with Gasteiger partial charge in [-0.15, -0.1) is 0 Å². The van der Waals surface area contributed by atoms with Gasteiger partial charge in [0.2, 0.25) is 0 Å². The number of aryl methyl sites for hydroxylation is 6. The number of benzene rings is 2. The first kappa shape index (κ1) is 17.0. The van der Waals surface area contributed by atoms with Gasteiger partial charge >= 0.3 is 0 Å². The Bertz CT molecular complexity index is 697. The SMILES string of the molecule is Cc1cc(C)c(C(=O)C(Br)c2c(C)cc(C)cc2C)c(C)c1. The highest BCUT2D eigenvalue weighted by atomic mass is 79.9. The molecule has 0 saturated carbocycles. The van der Waals surface area contributed by atoms with Gasteiger partial charge in [-0.2, -0.15) is 0 Å². The third kappa shape index (κ3) is 3.17. The summed E-state index contributed by atoms with van der Waals surface area (Å²) in [7, 11) is 0. The molecule has 2 heteroatoms. The average Bonchev–Trinajstić information content (AvgIpc) is 2.35. The lowest BCUT2D eigenvalue weighted by Crippen LogP contribution is -2.13. The van der Waals surface area contributed by atoms with E-state index >= 15 is 0 Å². The molecule has 0 aromatic heterocycles. The van der Waals surface area contributed by atoms with E-state index in [4.69, 9.17) is 0 Å². The van der Waals surface area contributed by atoms with Gasteiger partial charge in [0.25, 0.3) is 0 Å². The summed E-state index contributed by atoms with van der Waals surface area (Å²) in [6, 6.07) is 8.43. The summed E-state index contributed by atoms with van der Waals surface area (Å²) in [6.45, 7) is 12.3. The van der Waals surface area contributed by atoms with Crippen LogP contribution in [0.5, 0.6) is 0 Å². The molecular weight excluding hydrogens is 336 g/mol. The first-order valence-electron chi connectivity index (χ1n) is 7.56. The van der Waals surface area contributed by atoms with Crippen molar-refractivity contribution in [3.8, 4) is 0 Å². The van der Waals surface area contributed by atoms with Crippen molar-refractivity contribution in [2.24, 2.45) is 0 Å². The number of hydrogen-bond donors (Lipinski definition) is 0. The molecule has 2 rings (SSSR count). The van der Waals surface area contributed by atoms with Crippen LogP contribution in [-0.2, 0) is 0 Å². The quantitative estimate of drug-likeness (QED) is 0.496. The van der Waals surface area contributed by atoms with Crippen molar-refractivity contribution in [2.45, 2.75) is 46.4 Å². The second kappa shape index (κ2) is 6.37. The predicted octanol–water partition coefficient (Wildman–Crippen LogP) is 5.86. The number of alkyl halides is 1. The van der Waals surface area contributed by atoms with Gasteiger partial charge in [-0.3, -0.25) is 4.79 Å². The molecule has 1 unspecified atom stereocenters. The van der Waals surface area contributed by atoms with E-state index in [2.05, 4.69) is 67.9 Å². The first-order valence-corrected chi connectivity index (χ1v) is 8.47. The molecule has 116 valence electrons. The fourth-order valence-corrected chi connectivity index (χ4v) is 4.37. The molecule has 0 spiro atoms. The molecule has 0 aliphatic carbocycles. The van der Waals surface area contributed by atoms with Gasteiger partial charge in [-0.1, -0.05) is 51.3 Å². The summed E-state index contributed by atoms with van der Waals surface area (Å²) in [4.78, 5) is 12.7. The van der Waals surface area contributed by atoms with E-state index in [0.29, 0.717) is 0 Å². The van der Waals surface area contributed by atoms with Crippen LogP contribution in [0.3, 0.4) is 0 Å². The third-order valence-electron chi connectivity index (χ3n) is 4.15. The van der Waals surface area contributed by atoms with Crippen molar-refractivity contribution in [1.82, 2.24) is 0 Å². The molecule has 0 bridgehead atoms. The molecule has 1 atom stereocenters. The van der Waals surface area contributed by atoms with Crippen LogP contribution in [0, 0.1) is 41.5 Å². The fourth-order valence-electron chi connectivity index (χ4n) is 3.42. The molecule has 2 aromatic carbocycles. The molecule has 0 radical (unpaired) electrons. The Kier molecular flexibility index (Phi) is 4.91. The van der Waals surface area contributed by atoms with Gasteiger partial charge in [0.1, 0.15) is 4.83 Å². The zero-order chi connectivity index (χ0) is 16.6. The molecule has 0 heterocycles. The highest BCUT2D eigenvalue weighted by Crippen LogP contribution is 2.34. The van der Waals surface area contributed by atoms with Gasteiger partial charge in [-0.05, 0) is 69.4 Å². The standard InChI is InChI=1S/C20H23BrO/c1-11-7-13(3)17(14(4)8-11)19(21)20(22)18-15(5)9-12(2)10-16(18)6/h7-10,19H,1-6H3. The summed E-state index contributed by atoms with van der Waals surface area (Å²) >= 11 is 3.65. The highest BCUT2D eigenvalue weighted by Gasteiger charge is 2.25. The number of Topliss-reactive ketones (excluding diaryl/α,β-unsaturated/α-hetero) is 1. The van der Waals surface area contributed by atoms with Crippen LogP contribution < -0.4 is 0 Å². The normalized spacial score (nSPS) is 12.3. The van der Waals surface area contributed by atoms with Crippen LogP contribution >= 0.6 is 15.9 Å². The van der Waals surface area contributed by atoms with Gasteiger partial charge in [0.05, 0.1) is 0 Å². The van der Waals surface area contributed by atoms with Gasteiger partial charge in [0, 0.05) is 5.56 Å². The molecule has 2 aromatic rings. The van der Waals surface area contributed by atoms with Gasteiger partial charge in [-0.25, -0.2) is 0 Å². The summed E-state index contributed by atoms with van der Waals surface area (Å²) in [5.74, 6) is 0.144. The number of ketones is 1. The Hall–Kier alpha value is -1.41. The smallest absolute Gasteiger partial charge is 0.181 e. The molecule has 0 aliphatic heterocycles. The maximum atomic E-state index is 13.0. The lowest BCUT2D eigenvalue weighted by atomic mass is 9.90. The maximum Gasteiger partial charge on any atom is 0.181 e. The molecule has 0 amide bonds. The summed E-state index contributed by atoms with van der Waals surface area (Å²) in [6.07, 6.45) is 0. The van der Waals surface area contributed by atoms with Gasteiger partial charge in [0.15, 0.2) is 5.78 Å². The minimum Gasteiger partial charge on any atom is -0.293 e. The van der Waals surface area contributed by atoms with E-state index in [9.17, 15) is 4.79 Å². The van der Waals surface area contributed by atoms with E-state index in [1.165, 1.54) is 11.1 Å². The zero-order valence-electron chi connectivity index (χ0n) is 14.2. The molecule has 0 aliphatic rings. The monoisotopic (exact) mass is 358 g/mol. The molecule has 0 fully saturated rings. The number of halogens is 1. The van der Waals surface area contributed by atoms with Crippen LogP contribution in [0.25, 0.3) is 0 Å². The molecular formula is C20H23BrO. The van der Waals surface area contributed by atoms with E-state index in [0.717, 1.165) is 33.4 Å². The number of carbonyl (C=O) groups excluding carboxylic acids is 1. The Morgan fingerprint density at radius 1 is 0.773 bits per heavy atom. The van der Waals surface area contributed by atoms with Crippen molar-refractivity contribution >= 4 is 21.7 Å². The molecule has 22 heavy (non-hydrogen) atoms. The Labute approximate surface area is 141 Å². The Morgan fingerprint density at radius 3 is 1.55 bits per heavy atom. The lowest BCUT2D eigenvalue weighted by molar-refractivity contribution is 0.0990. The van der Waals surface area contributed by atoms with Crippen LogP contribution in [-0.4, -0.2) is 5.78 Å². The number of carbonyl (C=O) groups is 1. The number of hydrogen-bond acceptors (Lipinski definition) is 1. The molecule has 1 nitrogen and oxygen atoms in total. The summed E-state index contributed by atoms with van der Waals surface area (Å²) in [5.41, 5.74) is 8.78. The van der Waals surface area contributed by atoms with Crippen molar-refractivity contribution in [3.63, 3.8) is 0 Å². The second-order valence-electron chi connectivity index (χ2n) is 6.31. The second-order valence-corrected chi connectivity index (χ2v) is 7.23. The van der Waals surface area contributed by atoms with Crippen LogP contribution in [0.4, 0.5) is 0 Å². The van der Waals surface area contributed by atoms with Crippen molar-refractivity contribution in [2.75, 3.05) is 0 Å². The minimum absolute atomic E-state index is 0.144. The van der Waals surface area contributed by atoms with Crippen molar-refractivity contribution in [3.05, 3.63) is 68.8 Å². The summed E-state index contributed by atoms with van der Waals surface area (Å²) in [5, 5.41) is 0. The van der Waals surface area contributed by atoms with Crippen molar-refractivity contribution in [1.29, 1.82) is 0 Å². The van der Waals surface area contributed by atoms with E-state index in [1.54, 1.807) is 0 Å². The third-order valence-corrected chi connectivity index (χ3v) is 5.02. The Balaban J connectivity index is 2.51. The van der Waals surface area contributed by atoms with Crippen LogP contribution in [0.2, 0.25) is 0 Å². The minimum atomic E-state index is -0.298. The maximum absolute atomic E-state index is 13.0. The van der Waals surface area contributed by atoms with Crippen LogP contribution in [0.1, 0.15) is 54.1 Å². The molecule has 0 saturated heterocycles. The summed E-state index contributed by atoms with van der Waals surface area (Å²) < 4.78 is 0. The van der Waals surface area contributed by atoms with Crippen LogP contribution in [0.15, 0.2) is 24.3 Å². The first-order chi connectivity index (χ1) is 10.2. The Morgan fingerprint density at radius 2 is 1.14 bits per heavy atom.